The van der Waals surface area contributed by atoms with Crippen LogP contribution >= 0.6 is 46.6 Å². The maximum absolute atomic E-state index is 12.5. The molecule has 160 valence electrons. The molecule has 3 aromatic rings. The first kappa shape index (κ1) is 23.5. The van der Waals surface area contributed by atoms with Gasteiger partial charge in [0.25, 0.3) is 0 Å². The zero-order chi connectivity index (χ0) is 22.4. The Morgan fingerprint density at radius 1 is 0.903 bits per heavy atom. The van der Waals surface area contributed by atoms with E-state index >= 15 is 0 Å². The quantitative estimate of drug-likeness (QED) is 0.350. The lowest BCUT2D eigenvalue weighted by molar-refractivity contribution is -0.116. The van der Waals surface area contributed by atoms with Gasteiger partial charge in [-0.15, -0.1) is 11.8 Å². The monoisotopic (exact) mass is 492 g/mol. The van der Waals surface area contributed by atoms with Gasteiger partial charge in [-0.3, -0.25) is 9.59 Å². The third-order valence-corrected chi connectivity index (χ3v) is 6.16. The van der Waals surface area contributed by atoms with E-state index < -0.39 is 0 Å². The first-order valence-electron chi connectivity index (χ1n) is 9.37. The average Bonchev–Trinajstić information content (AvgIpc) is 2.72. The Kier molecular flexibility index (Phi) is 8.27. The minimum atomic E-state index is -0.383. The first-order valence-corrected chi connectivity index (χ1v) is 11.4. The van der Waals surface area contributed by atoms with Gasteiger partial charge in [-0.25, -0.2) is 0 Å². The summed E-state index contributed by atoms with van der Waals surface area (Å²) in [7, 11) is 0. The maximum Gasteiger partial charge on any atom is 0.237 e. The van der Waals surface area contributed by atoms with Crippen LogP contribution in [0.3, 0.4) is 0 Å². The van der Waals surface area contributed by atoms with Gasteiger partial charge in [0, 0.05) is 20.6 Å². The lowest BCUT2D eigenvalue weighted by atomic mass is 10.1. The van der Waals surface area contributed by atoms with Gasteiger partial charge < -0.3 is 10.6 Å². The number of thioether (sulfide) groups is 1. The maximum atomic E-state index is 12.5. The van der Waals surface area contributed by atoms with E-state index in [0.29, 0.717) is 26.4 Å². The highest BCUT2D eigenvalue weighted by atomic mass is 35.5. The predicted octanol–water partition coefficient (Wildman–Crippen LogP) is 6.95. The van der Waals surface area contributed by atoms with Crippen molar-refractivity contribution in [2.45, 2.75) is 23.5 Å². The molecule has 0 fully saturated rings. The van der Waals surface area contributed by atoms with E-state index in [1.54, 1.807) is 37.3 Å². The standard InChI is InChI=1S/C23H19Cl3N2O2S/c1-14(23(30)28-21-10-9-17(25)12-20(21)26)31-19-4-2-3-18(13-19)27-22(29)11-15-5-7-16(24)8-6-15/h2-10,12-14H,11H2,1H3,(H,27,29)(H,28,30). The number of anilines is 2. The van der Waals surface area contributed by atoms with Crippen LogP contribution in [0.4, 0.5) is 11.4 Å². The van der Waals surface area contributed by atoms with Gasteiger partial charge in [-0.1, -0.05) is 53.0 Å². The lowest BCUT2D eigenvalue weighted by Crippen LogP contribution is -2.22. The molecule has 3 aromatic carbocycles. The normalized spacial score (nSPS) is 11.6. The summed E-state index contributed by atoms with van der Waals surface area (Å²) in [6.45, 7) is 1.80. The highest BCUT2D eigenvalue weighted by Crippen LogP contribution is 2.29. The number of amides is 2. The van der Waals surface area contributed by atoms with Crippen molar-refractivity contribution in [2.75, 3.05) is 10.6 Å². The fraction of sp³-hybridized carbons (Fsp3) is 0.130. The second-order valence-electron chi connectivity index (χ2n) is 6.75. The Morgan fingerprint density at radius 3 is 2.32 bits per heavy atom. The Morgan fingerprint density at radius 2 is 1.61 bits per heavy atom. The summed E-state index contributed by atoms with van der Waals surface area (Å²) in [5.41, 5.74) is 2.04. The SMILES string of the molecule is CC(Sc1cccc(NC(=O)Cc2ccc(Cl)cc2)c1)C(=O)Nc1ccc(Cl)cc1Cl. The van der Waals surface area contributed by atoms with Gasteiger partial charge in [-0.2, -0.15) is 0 Å². The smallest absolute Gasteiger partial charge is 0.237 e. The second-order valence-corrected chi connectivity index (χ2v) is 9.45. The largest absolute Gasteiger partial charge is 0.326 e. The van der Waals surface area contributed by atoms with Gasteiger partial charge in [0.15, 0.2) is 0 Å². The molecule has 0 heterocycles. The van der Waals surface area contributed by atoms with Crippen molar-refractivity contribution >= 4 is 69.8 Å². The number of hydrogen-bond acceptors (Lipinski definition) is 3. The Hall–Kier alpha value is -2.18. The summed E-state index contributed by atoms with van der Waals surface area (Å²) in [6, 6.07) is 19.4. The van der Waals surface area contributed by atoms with E-state index in [0.717, 1.165) is 10.5 Å². The zero-order valence-corrected chi connectivity index (χ0v) is 19.6. The van der Waals surface area contributed by atoms with Crippen LogP contribution in [0.25, 0.3) is 0 Å². The molecule has 8 heteroatoms. The van der Waals surface area contributed by atoms with Crippen molar-refractivity contribution in [3.8, 4) is 0 Å². The molecule has 1 atom stereocenters. The molecule has 0 bridgehead atoms. The van der Waals surface area contributed by atoms with Crippen molar-refractivity contribution in [1.29, 1.82) is 0 Å². The van der Waals surface area contributed by atoms with Crippen LogP contribution in [0.2, 0.25) is 15.1 Å². The highest BCUT2D eigenvalue weighted by Gasteiger charge is 2.16. The summed E-state index contributed by atoms with van der Waals surface area (Å²) < 4.78 is 0. The van der Waals surface area contributed by atoms with E-state index in [1.165, 1.54) is 11.8 Å². The second kappa shape index (κ2) is 10.9. The minimum absolute atomic E-state index is 0.132. The lowest BCUT2D eigenvalue weighted by Gasteiger charge is -2.14. The molecule has 1 unspecified atom stereocenters. The Labute approximate surface area is 200 Å². The Balaban J connectivity index is 1.58. The van der Waals surface area contributed by atoms with E-state index in [4.69, 9.17) is 34.8 Å². The number of hydrogen-bond donors (Lipinski definition) is 2. The molecule has 31 heavy (non-hydrogen) atoms. The van der Waals surface area contributed by atoms with Gasteiger partial charge in [0.1, 0.15) is 0 Å². The summed E-state index contributed by atoms with van der Waals surface area (Å²) in [4.78, 5) is 25.7. The van der Waals surface area contributed by atoms with Gasteiger partial charge in [0.2, 0.25) is 11.8 Å². The third-order valence-electron chi connectivity index (χ3n) is 4.27. The highest BCUT2D eigenvalue weighted by molar-refractivity contribution is 8.00. The molecule has 0 saturated heterocycles. The van der Waals surface area contributed by atoms with Crippen LogP contribution in [0, 0.1) is 0 Å². The van der Waals surface area contributed by atoms with Crippen LogP contribution in [0.15, 0.2) is 71.6 Å². The summed E-state index contributed by atoms with van der Waals surface area (Å²) >= 11 is 19.3. The van der Waals surface area contributed by atoms with E-state index in [1.807, 2.05) is 36.4 Å². The molecule has 0 radical (unpaired) electrons. The van der Waals surface area contributed by atoms with Crippen LogP contribution < -0.4 is 10.6 Å². The Bertz CT molecular complexity index is 1090. The van der Waals surface area contributed by atoms with Crippen LogP contribution in [-0.2, 0) is 16.0 Å². The van der Waals surface area contributed by atoms with Crippen molar-refractivity contribution in [2.24, 2.45) is 0 Å². The number of carbonyl (C=O) groups excluding carboxylic acids is 2. The van der Waals surface area contributed by atoms with Gasteiger partial charge in [-0.05, 0) is 61.0 Å². The number of benzene rings is 3. The molecule has 0 aromatic heterocycles. The first-order chi connectivity index (χ1) is 14.8. The molecule has 4 nitrogen and oxygen atoms in total. The van der Waals surface area contributed by atoms with E-state index in [2.05, 4.69) is 10.6 Å². The van der Waals surface area contributed by atoms with E-state index in [9.17, 15) is 9.59 Å². The number of carbonyl (C=O) groups is 2. The number of halogens is 3. The fourth-order valence-electron chi connectivity index (χ4n) is 2.72. The fourth-order valence-corrected chi connectivity index (χ4v) is 4.23. The van der Waals surface area contributed by atoms with Crippen molar-refractivity contribution in [3.05, 3.63) is 87.4 Å². The summed E-state index contributed by atoms with van der Waals surface area (Å²) in [5, 5.41) is 6.82. The van der Waals surface area contributed by atoms with Crippen molar-refractivity contribution in [1.82, 2.24) is 0 Å². The molecular formula is C23H19Cl3N2O2S. The molecule has 0 aliphatic rings. The molecular weight excluding hydrogens is 475 g/mol. The predicted molar refractivity (Wildman–Crippen MR) is 131 cm³/mol. The number of rotatable bonds is 7. The molecule has 0 aliphatic heterocycles. The number of nitrogens with one attached hydrogen (secondary N) is 2. The van der Waals surface area contributed by atoms with Crippen molar-refractivity contribution < 1.29 is 9.59 Å². The van der Waals surface area contributed by atoms with E-state index in [-0.39, 0.29) is 23.5 Å². The van der Waals surface area contributed by atoms with Gasteiger partial charge in [0.05, 0.1) is 22.4 Å². The molecule has 0 spiro atoms. The van der Waals surface area contributed by atoms with Crippen LogP contribution in [-0.4, -0.2) is 17.1 Å². The minimum Gasteiger partial charge on any atom is -0.326 e. The third kappa shape index (κ3) is 7.18. The molecule has 2 N–H and O–H groups in total. The van der Waals surface area contributed by atoms with Crippen LogP contribution in [0.5, 0.6) is 0 Å². The summed E-state index contributed by atoms with van der Waals surface area (Å²) in [6.07, 6.45) is 0.245. The molecule has 3 rings (SSSR count). The van der Waals surface area contributed by atoms with Gasteiger partial charge >= 0.3 is 0 Å². The molecule has 2 amide bonds. The zero-order valence-electron chi connectivity index (χ0n) is 16.5. The van der Waals surface area contributed by atoms with Crippen molar-refractivity contribution in [3.63, 3.8) is 0 Å². The molecule has 0 saturated carbocycles. The average molecular weight is 494 g/mol. The molecule has 0 aliphatic carbocycles. The van der Waals surface area contributed by atoms with Crippen LogP contribution in [0.1, 0.15) is 12.5 Å². The topological polar surface area (TPSA) is 58.2 Å². The summed E-state index contributed by atoms with van der Waals surface area (Å²) in [5.74, 6) is -0.320.